The number of benzene rings is 1. The first-order valence-corrected chi connectivity index (χ1v) is 7.89. The van der Waals surface area contributed by atoms with Gasteiger partial charge in [0.2, 0.25) is 0 Å². The number of aliphatic hydroxyl groups excluding tert-OH is 1. The summed E-state index contributed by atoms with van der Waals surface area (Å²) < 4.78 is 5.55. The van der Waals surface area contributed by atoms with Gasteiger partial charge in [-0.2, -0.15) is 0 Å². The third-order valence-corrected chi connectivity index (χ3v) is 4.13. The lowest BCUT2D eigenvalue weighted by atomic mass is 10.3. The summed E-state index contributed by atoms with van der Waals surface area (Å²) in [6, 6.07) is 11.5. The molecule has 0 aliphatic heterocycles. The molecule has 3 N–H and O–H groups in total. The number of anilines is 1. The van der Waals surface area contributed by atoms with Crippen molar-refractivity contribution in [1.82, 2.24) is 4.90 Å². The molecule has 1 heterocycles. The Morgan fingerprint density at radius 3 is 2.81 bits per heavy atom. The van der Waals surface area contributed by atoms with Crippen molar-refractivity contribution in [2.24, 2.45) is 0 Å². The van der Waals surface area contributed by atoms with Crippen molar-refractivity contribution in [3.05, 3.63) is 46.7 Å². The Balaban J connectivity index is 1.69. The third kappa shape index (κ3) is 5.38. The molecule has 1 unspecified atom stereocenters. The fourth-order valence-electron chi connectivity index (χ4n) is 2.06. The highest BCUT2D eigenvalue weighted by atomic mass is 32.1. The second-order valence-electron chi connectivity index (χ2n) is 5.09. The summed E-state index contributed by atoms with van der Waals surface area (Å²) in [4.78, 5) is 3.48. The zero-order valence-corrected chi connectivity index (χ0v) is 13.1. The standard InChI is InChI=1S/C16H22N2O2S/c1-18(9-8-14-5-4-10-21-14)11-13(19)12-20-16-7-3-2-6-15(16)17/h2-7,10,13,19H,8-9,11-12,17H2,1H3. The number of thiophene rings is 1. The molecule has 21 heavy (non-hydrogen) atoms. The Morgan fingerprint density at radius 2 is 2.10 bits per heavy atom. The minimum atomic E-state index is -0.530. The van der Waals surface area contributed by atoms with E-state index in [1.54, 1.807) is 17.4 Å². The number of likely N-dealkylation sites (N-methyl/N-ethyl adjacent to an activating group) is 1. The molecule has 0 amide bonds. The summed E-state index contributed by atoms with van der Waals surface area (Å²) in [5.41, 5.74) is 6.39. The molecule has 2 rings (SSSR count). The first kappa shape index (κ1) is 15.8. The van der Waals surface area contributed by atoms with Crippen LogP contribution in [0, 0.1) is 0 Å². The molecule has 4 nitrogen and oxygen atoms in total. The number of hydrogen-bond donors (Lipinski definition) is 2. The van der Waals surface area contributed by atoms with Gasteiger partial charge in [0.15, 0.2) is 0 Å². The Kier molecular flexibility index (Phi) is 6.04. The fourth-order valence-corrected chi connectivity index (χ4v) is 2.76. The van der Waals surface area contributed by atoms with Crippen molar-refractivity contribution in [3.63, 3.8) is 0 Å². The molecule has 1 aromatic carbocycles. The van der Waals surface area contributed by atoms with Crippen molar-refractivity contribution in [2.75, 3.05) is 32.5 Å². The lowest BCUT2D eigenvalue weighted by molar-refractivity contribution is 0.0770. The van der Waals surface area contributed by atoms with Crippen molar-refractivity contribution >= 4 is 17.0 Å². The highest BCUT2D eigenvalue weighted by Crippen LogP contribution is 2.19. The molecule has 0 aliphatic rings. The van der Waals surface area contributed by atoms with Gasteiger partial charge in [-0.25, -0.2) is 0 Å². The smallest absolute Gasteiger partial charge is 0.142 e. The molecule has 0 bridgehead atoms. The summed E-state index contributed by atoms with van der Waals surface area (Å²) in [5.74, 6) is 0.623. The SMILES string of the molecule is CN(CCc1cccs1)CC(O)COc1ccccc1N. The van der Waals surface area contributed by atoms with Crippen LogP contribution in [0.1, 0.15) is 4.88 Å². The van der Waals surface area contributed by atoms with Gasteiger partial charge >= 0.3 is 0 Å². The number of rotatable bonds is 8. The van der Waals surface area contributed by atoms with Crippen molar-refractivity contribution in [1.29, 1.82) is 0 Å². The maximum absolute atomic E-state index is 10.0. The van der Waals surface area contributed by atoms with Crippen LogP contribution >= 0.6 is 11.3 Å². The van der Waals surface area contributed by atoms with E-state index in [1.165, 1.54) is 4.88 Å². The van der Waals surface area contributed by atoms with Crippen LogP contribution in [0.5, 0.6) is 5.75 Å². The first-order chi connectivity index (χ1) is 10.1. The summed E-state index contributed by atoms with van der Waals surface area (Å²) >= 11 is 1.77. The monoisotopic (exact) mass is 306 g/mol. The molecule has 1 aromatic heterocycles. The summed E-state index contributed by atoms with van der Waals surface area (Å²) in [5, 5.41) is 12.1. The molecule has 0 saturated carbocycles. The molecule has 5 heteroatoms. The van der Waals surface area contributed by atoms with Gasteiger partial charge in [0.05, 0.1) is 5.69 Å². The van der Waals surface area contributed by atoms with E-state index in [4.69, 9.17) is 10.5 Å². The van der Waals surface area contributed by atoms with Gasteiger partial charge in [-0.1, -0.05) is 18.2 Å². The second kappa shape index (κ2) is 8.02. The molecule has 0 fully saturated rings. The second-order valence-corrected chi connectivity index (χ2v) is 6.13. The Labute approximate surface area is 129 Å². The Hall–Kier alpha value is -1.56. The van der Waals surface area contributed by atoms with Crippen LogP contribution in [0.2, 0.25) is 0 Å². The molecule has 0 aliphatic carbocycles. The predicted molar refractivity (Wildman–Crippen MR) is 87.9 cm³/mol. The van der Waals surface area contributed by atoms with Gasteiger partial charge in [0, 0.05) is 18.0 Å². The molecule has 0 spiro atoms. The van der Waals surface area contributed by atoms with E-state index >= 15 is 0 Å². The van der Waals surface area contributed by atoms with E-state index in [1.807, 2.05) is 25.2 Å². The number of nitrogen functional groups attached to an aromatic ring is 1. The largest absolute Gasteiger partial charge is 0.489 e. The van der Waals surface area contributed by atoms with Crippen LogP contribution in [0.3, 0.4) is 0 Å². The highest BCUT2D eigenvalue weighted by Gasteiger charge is 2.10. The molecule has 0 saturated heterocycles. The van der Waals surface area contributed by atoms with E-state index in [9.17, 15) is 5.11 Å². The van der Waals surface area contributed by atoms with Gasteiger partial charge in [-0.3, -0.25) is 0 Å². The maximum atomic E-state index is 10.0. The topological polar surface area (TPSA) is 58.7 Å². The summed E-state index contributed by atoms with van der Waals surface area (Å²) in [6.07, 6.45) is 0.478. The van der Waals surface area contributed by atoms with Gasteiger partial charge in [-0.05, 0) is 37.0 Å². The first-order valence-electron chi connectivity index (χ1n) is 7.01. The quantitative estimate of drug-likeness (QED) is 0.734. The number of hydrogen-bond acceptors (Lipinski definition) is 5. The van der Waals surface area contributed by atoms with Gasteiger partial charge < -0.3 is 20.5 Å². The molecule has 2 aromatic rings. The van der Waals surface area contributed by atoms with Crippen LogP contribution in [0.15, 0.2) is 41.8 Å². The van der Waals surface area contributed by atoms with Gasteiger partial charge in [0.1, 0.15) is 18.5 Å². The van der Waals surface area contributed by atoms with E-state index < -0.39 is 6.10 Å². The third-order valence-electron chi connectivity index (χ3n) is 3.19. The van der Waals surface area contributed by atoms with Crippen LogP contribution in [-0.4, -0.2) is 42.9 Å². The van der Waals surface area contributed by atoms with Crippen LogP contribution in [0.4, 0.5) is 5.69 Å². The van der Waals surface area contributed by atoms with Crippen LogP contribution in [0.25, 0.3) is 0 Å². The Morgan fingerprint density at radius 1 is 1.29 bits per heavy atom. The lowest BCUT2D eigenvalue weighted by Crippen LogP contribution is -2.34. The number of aliphatic hydroxyl groups is 1. The molecule has 0 radical (unpaired) electrons. The van der Waals surface area contributed by atoms with E-state index in [0.717, 1.165) is 13.0 Å². The molecular formula is C16H22N2O2S. The number of nitrogens with two attached hydrogens (primary N) is 1. The van der Waals surface area contributed by atoms with Crippen molar-refractivity contribution in [2.45, 2.75) is 12.5 Å². The zero-order chi connectivity index (χ0) is 15.1. The highest BCUT2D eigenvalue weighted by molar-refractivity contribution is 7.09. The average Bonchev–Trinajstić information content (AvgIpc) is 2.97. The van der Waals surface area contributed by atoms with Gasteiger partial charge in [-0.15, -0.1) is 11.3 Å². The average molecular weight is 306 g/mol. The van der Waals surface area contributed by atoms with E-state index in [0.29, 0.717) is 18.0 Å². The number of para-hydroxylation sites is 2. The predicted octanol–water partition coefficient (Wildman–Crippen LogP) is 2.24. The normalized spacial score (nSPS) is 12.5. The maximum Gasteiger partial charge on any atom is 0.142 e. The number of nitrogens with zero attached hydrogens (tertiary/aromatic N) is 1. The van der Waals surface area contributed by atoms with Gasteiger partial charge in [0.25, 0.3) is 0 Å². The zero-order valence-electron chi connectivity index (χ0n) is 12.2. The molecule has 1 atom stereocenters. The molecule has 114 valence electrons. The van der Waals surface area contributed by atoms with E-state index in [-0.39, 0.29) is 6.61 Å². The minimum Gasteiger partial charge on any atom is -0.489 e. The van der Waals surface area contributed by atoms with Crippen molar-refractivity contribution < 1.29 is 9.84 Å². The lowest BCUT2D eigenvalue weighted by Gasteiger charge is -2.20. The van der Waals surface area contributed by atoms with Crippen LogP contribution < -0.4 is 10.5 Å². The number of ether oxygens (including phenoxy) is 1. The fraction of sp³-hybridized carbons (Fsp3) is 0.375. The Bertz CT molecular complexity index is 531. The van der Waals surface area contributed by atoms with E-state index in [2.05, 4.69) is 22.4 Å². The summed E-state index contributed by atoms with van der Waals surface area (Å²) in [6.45, 7) is 1.75. The van der Waals surface area contributed by atoms with Crippen molar-refractivity contribution in [3.8, 4) is 5.75 Å². The minimum absolute atomic E-state index is 0.248. The van der Waals surface area contributed by atoms with Crippen LogP contribution in [-0.2, 0) is 6.42 Å². The molecular weight excluding hydrogens is 284 g/mol. The summed E-state index contributed by atoms with van der Waals surface area (Å²) in [7, 11) is 2.01.